The maximum atomic E-state index is 11.8. The van der Waals surface area contributed by atoms with Gasteiger partial charge in [0.15, 0.2) is 5.78 Å². The van der Waals surface area contributed by atoms with Crippen molar-refractivity contribution in [2.45, 2.75) is 33.6 Å². The predicted octanol–water partition coefficient (Wildman–Crippen LogP) is 4.62. The first-order valence-electron chi connectivity index (χ1n) is 7.50. The van der Waals surface area contributed by atoms with Gasteiger partial charge in [0, 0.05) is 0 Å². The fraction of sp³-hybridized carbons (Fsp3) is 0.389. The Balaban J connectivity index is 2.42. The van der Waals surface area contributed by atoms with E-state index < -0.39 is 0 Å². The molecule has 2 aromatic rings. The lowest BCUT2D eigenvalue weighted by molar-refractivity contribution is 0.101. The topological polar surface area (TPSA) is 35.5 Å². The van der Waals surface area contributed by atoms with E-state index in [0.29, 0.717) is 24.5 Å². The molecular weight excluding hydrogens is 264 g/mol. The molecule has 0 aliphatic carbocycles. The van der Waals surface area contributed by atoms with Crippen LogP contribution in [0.15, 0.2) is 30.3 Å². The third kappa shape index (κ3) is 3.75. The number of rotatable bonds is 7. The monoisotopic (exact) mass is 286 g/mol. The second-order valence-corrected chi connectivity index (χ2v) is 5.11. The summed E-state index contributed by atoms with van der Waals surface area (Å²) in [7, 11) is 0. The lowest BCUT2D eigenvalue weighted by Crippen LogP contribution is -2.02. The zero-order valence-corrected chi connectivity index (χ0v) is 12.9. The van der Waals surface area contributed by atoms with Gasteiger partial charge in [0.05, 0.1) is 18.8 Å². The minimum atomic E-state index is 0.0166. The summed E-state index contributed by atoms with van der Waals surface area (Å²) < 4.78 is 11.3. The summed E-state index contributed by atoms with van der Waals surface area (Å²) in [6.07, 6.45) is 1.89. The lowest BCUT2D eigenvalue weighted by Gasteiger charge is -2.12. The van der Waals surface area contributed by atoms with Crippen molar-refractivity contribution in [3.05, 3.63) is 35.9 Å². The van der Waals surface area contributed by atoms with Crippen molar-refractivity contribution in [1.29, 1.82) is 0 Å². The van der Waals surface area contributed by atoms with E-state index in [1.165, 1.54) is 0 Å². The Hall–Kier alpha value is -2.03. The van der Waals surface area contributed by atoms with E-state index in [1.807, 2.05) is 37.3 Å². The van der Waals surface area contributed by atoms with Crippen LogP contribution in [0.2, 0.25) is 0 Å². The molecule has 0 saturated carbocycles. The molecule has 2 aromatic carbocycles. The van der Waals surface area contributed by atoms with Crippen LogP contribution >= 0.6 is 0 Å². The molecule has 0 saturated heterocycles. The first kappa shape index (κ1) is 15.4. The molecule has 0 radical (unpaired) electrons. The SMILES string of the molecule is CCCOc1ccc2cc(OCCC)c(C(C)=O)cc2c1. The van der Waals surface area contributed by atoms with Crippen molar-refractivity contribution >= 4 is 16.6 Å². The molecule has 0 amide bonds. The third-order valence-corrected chi connectivity index (χ3v) is 3.22. The molecule has 3 heteroatoms. The molecule has 0 aliphatic heterocycles. The molecule has 0 bridgehead atoms. The van der Waals surface area contributed by atoms with Crippen LogP contribution in [0.25, 0.3) is 10.8 Å². The van der Waals surface area contributed by atoms with Gasteiger partial charge < -0.3 is 9.47 Å². The number of carbonyl (C=O) groups is 1. The van der Waals surface area contributed by atoms with Crippen molar-refractivity contribution < 1.29 is 14.3 Å². The summed E-state index contributed by atoms with van der Waals surface area (Å²) >= 11 is 0. The fourth-order valence-corrected chi connectivity index (χ4v) is 2.17. The highest BCUT2D eigenvalue weighted by atomic mass is 16.5. The molecule has 0 aliphatic rings. The fourth-order valence-electron chi connectivity index (χ4n) is 2.17. The highest BCUT2D eigenvalue weighted by molar-refractivity contribution is 6.01. The number of hydrogen-bond donors (Lipinski definition) is 0. The van der Waals surface area contributed by atoms with E-state index in [1.54, 1.807) is 6.92 Å². The minimum Gasteiger partial charge on any atom is -0.494 e. The Morgan fingerprint density at radius 2 is 1.67 bits per heavy atom. The normalized spacial score (nSPS) is 10.6. The molecule has 0 spiro atoms. The summed E-state index contributed by atoms with van der Waals surface area (Å²) in [4.78, 5) is 11.8. The van der Waals surface area contributed by atoms with E-state index in [4.69, 9.17) is 9.47 Å². The quantitative estimate of drug-likeness (QED) is 0.697. The number of carbonyl (C=O) groups excluding carboxylic acids is 1. The highest BCUT2D eigenvalue weighted by Crippen LogP contribution is 2.29. The molecule has 112 valence electrons. The summed E-state index contributed by atoms with van der Waals surface area (Å²) in [5, 5.41) is 2.05. The maximum Gasteiger partial charge on any atom is 0.163 e. The number of Topliss-reactive ketones (excluding diaryl/α,β-unsaturated/α-hetero) is 1. The molecule has 0 fully saturated rings. The standard InChI is InChI=1S/C18H22O3/c1-4-8-20-16-7-6-14-12-18(21-9-5-2)17(13(3)19)11-15(14)10-16/h6-7,10-12H,4-5,8-9H2,1-3H3. The van der Waals surface area contributed by atoms with Crippen LogP contribution in [-0.2, 0) is 0 Å². The van der Waals surface area contributed by atoms with E-state index in [2.05, 4.69) is 6.92 Å². The van der Waals surface area contributed by atoms with Crippen LogP contribution in [0.4, 0.5) is 0 Å². The van der Waals surface area contributed by atoms with E-state index >= 15 is 0 Å². The molecule has 0 atom stereocenters. The second-order valence-electron chi connectivity index (χ2n) is 5.11. The molecule has 0 unspecified atom stereocenters. The van der Waals surface area contributed by atoms with Crippen LogP contribution < -0.4 is 9.47 Å². The van der Waals surface area contributed by atoms with Crippen molar-refractivity contribution in [2.75, 3.05) is 13.2 Å². The summed E-state index contributed by atoms with van der Waals surface area (Å²) in [6.45, 7) is 7.00. The number of fused-ring (bicyclic) bond motifs is 1. The van der Waals surface area contributed by atoms with Crippen molar-refractivity contribution in [3.63, 3.8) is 0 Å². The third-order valence-electron chi connectivity index (χ3n) is 3.22. The van der Waals surface area contributed by atoms with Gasteiger partial charge in [0.25, 0.3) is 0 Å². The molecule has 0 N–H and O–H groups in total. The lowest BCUT2D eigenvalue weighted by atomic mass is 10.0. The number of ketones is 1. The van der Waals surface area contributed by atoms with E-state index in [0.717, 1.165) is 29.4 Å². The Labute approximate surface area is 125 Å². The van der Waals surface area contributed by atoms with Gasteiger partial charge >= 0.3 is 0 Å². The van der Waals surface area contributed by atoms with E-state index in [-0.39, 0.29) is 5.78 Å². The van der Waals surface area contributed by atoms with Gasteiger partial charge in [-0.15, -0.1) is 0 Å². The average molecular weight is 286 g/mol. The van der Waals surface area contributed by atoms with Crippen LogP contribution in [0.5, 0.6) is 11.5 Å². The summed E-state index contributed by atoms with van der Waals surface area (Å²) in [6, 6.07) is 9.76. The van der Waals surface area contributed by atoms with Gasteiger partial charge in [0.2, 0.25) is 0 Å². The van der Waals surface area contributed by atoms with Gasteiger partial charge in [0.1, 0.15) is 11.5 Å². The second kappa shape index (κ2) is 7.11. The van der Waals surface area contributed by atoms with Gasteiger partial charge in [-0.1, -0.05) is 19.9 Å². The molecular formula is C18H22O3. The van der Waals surface area contributed by atoms with Crippen molar-refractivity contribution in [1.82, 2.24) is 0 Å². The average Bonchev–Trinajstić information content (AvgIpc) is 2.49. The zero-order chi connectivity index (χ0) is 15.2. The van der Waals surface area contributed by atoms with E-state index in [9.17, 15) is 4.79 Å². The Morgan fingerprint density at radius 1 is 0.952 bits per heavy atom. The number of hydrogen-bond acceptors (Lipinski definition) is 3. The molecule has 0 heterocycles. The first-order chi connectivity index (χ1) is 10.2. The molecule has 0 aromatic heterocycles. The van der Waals surface area contributed by atoms with Gasteiger partial charge in [-0.2, -0.15) is 0 Å². The van der Waals surface area contributed by atoms with Crippen LogP contribution in [-0.4, -0.2) is 19.0 Å². The van der Waals surface area contributed by atoms with Crippen LogP contribution in [0.3, 0.4) is 0 Å². The van der Waals surface area contributed by atoms with Crippen molar-refractivity contribution in [3.8, 4) is 11.5 Å². The summed E-state index contributed by atoms with van der Waals surface area (Å²) in [5.74, 6) is 1.52. The number of benzene rings is 2. The Bertz CT molecular complexity index is 632. The van der Waals surface area contributed by atoms with Gasteiger partial charge in [-0.25, -0.2) is 0 Å². The Morgan fingerprint density at radius 3 is 2.33 bits per heavy atom. The molecule has 21 heavy (non-hydrogen) atoms. The maximum absolute atomic E-state index is 11.8. The largest absolute Gasteiger partial charge is 0.494 e. The van der Waals surface area contributed by atoms with Gasteiger partial charge in [-0.05, 0) is 54.8 Å². The van der Waals surface area contributed by atoms with Gasteiger partial charge in [-0.3, -0.25) is 4.79 Å². The minimum absolute atomic E-state index is 0.0166. The number of ether oxygens (including phenoxy) is 2. The van der Waals surface area contributed by atoms with Crippen molar-refractivity contribution in [2.24, 2.45) is 0 Å². The first-order valence-corrected chi connectivity index (χ1v) is 7.50. The summed E-state index contributed by atoms with van der Waals surface area (Å²) in [5.41, 5.74) is 0.628. The Kier molecular flexibility index (Phi) is 5.20. The smallest absolute Gasteiger partial charge is 0.163 e. The predicted molar refractivity (Wildman–Crippen MR) is 85.5 cm³/mol. The molecule has 3 nitrogen and oxygen atoms in total. The van der Waals surface area contributed by atoms with Crippen LogP contribution in [0.1, 0.15) is 44.0 Å². The zero-order valence-electron chi connectivity index (χ0n) is 12.9. The van der Waals surface area contributed by atoms with Crippen LogP contribution in [0, 0.1) is 0 Å². The molecule has 2 rings (SSSR count). The highest BCUT2D eigenvalue weighted by Gasteiger charge is 2.11.